The first-order valence-electron chi connectivity index (χ1n) is 7.84. The standard InChI is InChI=1S/C19H21N3/c1-2-3-5-10-16-13-17-19(20-14-16)22-18(21-17)12-11-15-8-6-4-7-9-15/h2-6,8,10,13-14H,7,9,11-12H2,1H3,(H,20,21,22)/b3-2+,10-5+. The quantitative estimate of drug-likeness (QED) is 0.807. The number of aromatic nitrogens is 3. The van der Waals surface area contributed by atoms with Gasteiger partial charge in [-0.05, 0) is 37.8 Å². The first kappa shape index (κ1) is 14.5. The molecule has 0 aliphatic heterocycles. The highest BCUT2D eigenvalue weighted by atomic mass is 15.0. The Hall–Kier alpha value is -2.42. The summed E-state index contributed by atoms with van der Waals surface area (Å²) in [7, 11) is 0. The largest absolute Gasteiger partial charge is 0.341 e. The molecule has 0 spiro atoms. The summed E-state index contributed by atoms with van der Waals surface area (Å²) in [5, 5.41) is 0. The maximum atomic E-state index is 4.58. The minimum Gasteiger partial charge on any atom is -0.341 e. The van der Waals surface area contributed by atoms with E-state index in [0.29, 0.717) is 0 Å². The predicted octanol–water partition coefficient (Wildman–Crippen LogP) is 4.76. The van der Waals surface area contributed by atoms with Crippen LogP contribution in [0.5, 0.6) is 0 Å². The van der Waals surface area contributed by atoms with E-state index in [1.54, 1.807) is 0 Å². The fourth-order valence-electron chi connectivity index (χ4n) is 2.59. The van der Waals surface area contributed by atoms with Gasteiger partial charge in [0.1, 0.15) is 5.82 Å². The van der Waals surface area contributed by atoms with Crippen LogP contribution in [0.25, 0.3) is 17.2 Å². The summed E-state index contributed by atoms with van der Waals surface area (Å²) in [5.41, 5.74) is 4.40. The van der Waals surface area contributed by atoms with E-state index in [-0.39, 0.29) is 0 Å². The molecule has 1 aliphatic rings. The second-order valence-electron chi connectivity index (χ2n) is 5.50. The molecule has 0 unspecified atom stereocenters. The highest BCUT2D eigenvalue weighted by molar-refractivity contribution is 5.73. The van der Waals surface area contributed by atoms with Crippen molar-refractivity contribution in [2.24, 2.45) is 0 Å². The number of aromatic amines is 1. The summed E-state index contributed by atoms with van der Waals surface area (Å²) in [6, 6.07) is 2.10. The second kappa shape index (κ2) is 7.03. The molecular weight excluding hydrogens is 270 g/mol. The number of hydrogen-bond donors (Lipinski definition) is 1. The molecule has 2 aromatic heterocycles. The van der Waals surface area contributed by atoms with Gasteiger partial charge in [-0.3, -0.25) is 0 Å². The molecule has 0 atom stereocenters. The monoisotopic (exact) mass is 291 g/mol. The Bertz CT molecular complexity index is 760. The molecule has 3 heteroatoms. The molecule has 2 aromatic rings. The van der Waals surface area contributed by atoms with Gasteiger partial charge in [-0.25, -0.2) is 9.97 Å². The van der Waals surface area contributed by atoms with Gasteiger partial charge in [0, 0.05) is 12.6 Å². The van der Waals surface area contributed by atoms with Crippen LogP contribution in [0.3, 0.4) is 0 Å². The molecule has 0 bridgehead atoms. The van der Waals surface area contributed by atoms with Crippen molar-refractivity contribution in [3.8, 4) is 0 Å². The fraction of sp³-hybridized carbons (Fsp3) is 0.263. The third-order valence-corrected chi connectivity index (χ3v) is 3.78. The van der Waals surface area contributed by atoms with Gasteiger partial charge in [-0.1, -0.05) is 48.1 Å². The smallest absolute Gasteiger partial charge is 0.177 e. The number of pyridine rings is 1. The molecule has 1 N–H and O–H groups in total. The number of allylic oxidation sites excluding steroid dienone is 7. The van der Waals surface area contributed by atoms with Crippen molar-refractivity contribution in [2.75, 3.05) is 0 Å². The lowest BCUT2D eigenvalue weighted by Crippen LogP contribution is -1.93. The minimum atomic E-state index is 0.802. The number of hydrogen-bond acceptors (Lipinski definition) is 2. The zero-order valence-electron chi connectivity index (χ0n) is 12.9. The van der Waals surface area contributed by atoms with Crippen LogP contribution in [0.2, 0.25) is 0 Å². The van der Waals surface area contributed by atoms with Gasteiger partial charge in [0.15, 0.2) is 5.65 Å². The van der Waals surface area contributed by atoms with Gasteiger partial charge < -0.3 is 4.98 Å². The Balaban J connectivity index is 1.72. The summed E-state index contributed by atoms with van der Waals surface area (Å²) in [4.78, 5) is 12.4. The van der Waals surface area contributed by atoms with Crippen molar-refractivity contribution in [3.05, 3.63) is 65.7 Å². The lowest BCUT2D eigenvalue weighted by molar-refractivity contribution is 0.811. The van der Waals surface area contributed by atoms with E-state index in [4.69, 9.17) is 0 Å². The summed E-state index contributed by atoms with van der Waals surface area (Å²) in [6.07, 6.45) is 20.9. The van der Waals surface area contributed by atoms with Crippen molar-refractivity contribution in [1.29, 1.82) is 0 Å². The summed E-state index contributed by atoms with van der Waals surface area (Å²) in [6.45, 7) is 2.00. The minimum absolute atomic E-state index is 0.802. The zero-order chi connectivity index (χ0) is 15.2. The summed E-state index contributed by atoms with van der Waals surface area (Å²) >= 11 is 0. The number of nitrogens with zero attached hydrogens (tertiary/aromatic N) is 2. The van der Waals surface area contributed by atoms with Crippen LogP contribution in [0.1, 0.15) is 37.6 Å². The molecule has 22 heavy (non-hydrogen) atoms. The van der Waals surface area contributed by atoms with Gasteiger partial charge in [0.2, 0.25) is 0 Å². The van der Waals surface area contributed by atoms with Crippen LogP contribution in [0.4, 0.5) is 0 Å². The van der Waals surface area contributed by atoms with Gasteiger partial charge >= 0.3 is 0 Å². The molecule has 3 rings (SSSR count). The zero-order valence-corrected chi connectivity index (χ0v) is 12.9. The third-order valence-electron chi connectivity index (χ3n) is 3.78. The van der Waals surface area contributed by atoms with Crippen LogP contribution in [-0.4, -0.2) is 15.0 Å². The van der Waals surface area contributed by atoms with Crippen LogP contribution in [0.15, 0.2) is 54.3 Å². The maximum absolute atomic E-state index is 4.58. The highest BCUT2D eigenvalue weighted by Gasteiger charge is 2.06. The van der Waals surface area contributed by atoms with Crippen molar-refractivity contribution < 1.29 is 0 Å². The Morgan fingerprint density at radius 2 is 2.23 bits per heavy atom. The Labute approximate surface area is 131 Å². The molecular formula is C19H21N3. The molecule has 2 heterocycles. The number of H-pyrrole nitrogens is 1. The first-order chi connectivity index (χ1) is 10.8. The first-order valence-corrected chi connectivity index (χ1v) is 7.84. The van der Waals surface area contributed by atoms with Crippen molar-refractivity contribution in [2.45, 2.75) is 32.6 Å². The Morgan fingerprint density at radius 3 is 3.05 bits per heavy atom. The van der Waals surface area contributed by atoms with E-state index in [1.807, 2.05) is 37.4 Å². The maximum Gasteiger partial charge on any atom is 0.177 e. The molecule has 112 valence electrons. The van der Waals surface area contributed by atoms with Gasteiger partial charge in [0.25, 0.3) is 0 Å². The molecule has 3 nitrogen and oxygen atoms in total. The van der Waals surface area contributed by atoms with Crippen LogP contribution >= 0.6 is 0 Å². The van der Waals surface area contributed by atoms with E-state index in [2.05, 4.69) is 39.2 Å². The van der Waals surface area contributed by atoms with Crippen LogP contribution < -0.4 is 0 Å². The van der Waals surface area contributed by atoms with Gasteiger partial charge in [0.05, 0.1) is 5.52 Å². The molecule has 0 fully saturated rings. The molecule has 0 radical (unpaired) electrons. The van der Waals surface area contributed by atoms with Crippen molar-refractivity contribution >= 4 is 17.2 Å². The highest BCUT2D eigenvalue weighted by Crippen LogP contribution is 2.18. The van der Waals surface area contributed by atoms with E-state index < -0.39 is 0 Å². The average Bonchev–Trinajstić information content (AvgIpc) is 2.96. The normalized spacial score (nSPS) is 15.2. The topological polar surface area (TPSA) is 41.6 Å². The summed E-state index contributed by atoms with van der Waals surface area (Å²) < 4.78 is 0. The average molecular weight is 291 g/mol. The van der Waals surface area contributed by atoms with Crippen molar-refractivity contribution in [3.63, 3.8) is 0 Å². The van der Waals surface area contributed by atoms with Gasteiger partial charge in [-0.2, -0.15) is 0 Å². The van der Waals surface area contributed by atoms with E-state index in [0.717, 1.165) is 41.8 Å². The second-order valence-corrected chi connectivity index (χ2v) is 5.50. The lowest BCUT2D eigenvalue weighted by atomic mass is 10.0. The third kappa shape index (κ3) is 3.61. The predicted molar refractivity (Wildman–Crippen MR) is 92.5 cm³/mol. The van der Waals surface area contributed by atoms with E-state index in [1.165, 1.54) is 12.0 Å². The Morgan fingerprint density at radius 1 is 1.27 bits per heavy atom. The van der Waals surface area contributed by atoms with E-state index >= 15 is 0 Å². The number of imidazole rings is 1. The van der Waals surface area contributed by atoms with Crippen LogP contribution in [-0.2, 0) is 6.42 Å². The van der Waals surface area contributed by atoms with Crippen LogP contribution in [0, 0.1) is 0 Å². The number of rotatable bonds is 5. The lowest BCUT2D eigenvalue weighted by Gasteiger charge is -2.06. The molecule has 0 saturated heterocycles. The molecule has 0 amide bonds. The fourth-order valence-corrected chi connectivity index (χ4v) is 2.59. The molecule has 0 aromatic carbocycles. The number of aryl methyl sites for hydroxylation is 1. The molecule has 0 saturated carbocycles. The SMILES string of the molecule is C/C=C/C=C/c1cnc2nc(CCC3=CC=CCC3)[nH]c2c1. The number of nitrogens with one attached hydrogen (secondary N) is 1. The Kier molecular flexibility index (Phi) is 4.64. The number of fused-ring (bicyclic) bond motifs is 1. The van der Waals surface area contributed by atoms with Gasteiger partial charge in [-0.15, -0.1) is 0 Å². The van der Waals surface area contributed by atoms with Crippen molar-refractivity contribution in [1.82, 2.24) is 15.0 Å². The van der Waals surface area contributed by atoms with E-state index in [9.17, 15) is 0 Å². The summed E-state index contributed by atoms with van der Waals surface area (Å²) in [5.74, 6) is 1.02. The molecule has 1 aliphatic carbocycles.